The molecule has 0 amide bonds. The van der Waals surface area contributed by atoms with E-state index < -0.39 is 18.8 Å². The van der Waals surface area contributed by atoms with E-state index in [0.29, 0.717) is 6.61 Å². The van der Waals surface area contributed by atoms with E-state index in [9.17, 15) is 5.11 Å². The van der Waals surface area contributed by atoms with Crippen LogP contribution < -0.4 is 0 Å². The second kappa shape index (κ2) is 7.65. The zero-order chi connectivity index (χ0) is 12.5. The summed E-state index contributed by atoms with van der Waals surface area (Å²) in [5, 5.41) is 21.7. The summed E-state index contributed by atoms with van der Waals surface area (Å²) < 4.78 is 5.27. The average Bonchev–Trinajstić information content (AvgIpc) is 2.37. The monoisotopic (exact) mass is 237 g/mol. The van der Waals surface area contributed by atoms with Crippen molar-refractivity contribution in [3.05, 3.63) is 46.3 Å². The van der Waals surface area contributed by atoms with Gasteiger partial charge >= 0.3 is 0 Å². The molecule has 1 rings (SSSR count). The van der Waals surface area contributed by atoms with Crippen molar-refractivity contribution in [3.8, 4) is 0 Å². The number of nitrogens with zero attached hydrogens (tertiary/aromatic N) is 3. The Morgan fingerprint density at radius 3 is 2.65 bits per heavy atom. The number of ether oxygens (including phenoxy) is 1. The molecule has 0 saturated heterocycles. The lowest BCUT2D eigenvalue weighted by Crippen LogP contribution is -2.31. The Balaban J connectivity index is 2.33. The van der Waals surface area contributed by atoms with Gasteiger partial charge in [0.05, 0.1) is 32.0 Å². The Kier molecular flexibility index (Phi) is 6.06. The molecule has 6 heteroatoms. The summed E-state index contributed by atoms with van der Waals surface area (Å²) in [6.07, 6.45) is -1.00. The topological polar surface area (TPSA) is 98.5 Å². The van der Waals surface area contributed by atoms with Crippen molar-refractivity contribution in [1.82, 2.24) is 0 Å². The molecule has 0 aliphatic rings. The van der Waals surface area contributed by atoms with E-state index >= 15 is 0 Å². The number of hydrogen-bond donors (Lipinski definition) is 2. The van der Waals surface area contributed by atoms with Crippen LogP contribution in [0, 0.1) is 0 Å². The smallest absolute Gasteiger partial charge is 0.0886 e. The number of azide groups is 1. The molecule has 0 radical (unpaired) electrons. The first-order chi connectivity index (χ1) is 8.27. The van der Waals surface area contributed by atoms with Gasteiger partial charge in [-0.3, -0.25) is 0 Å². The van der Waals surface area contributed by atoms with Gasteiger partial charge in [-0.05, 0) is 11.1 Å². The first kappa shape index (κ1) is 13.5. The SMILES string of the molecule is [N-]=[N+]=N[C@H](CO)[C@H](O)COCc1ccccc1. The van der Waals surface area contributed by atoms with Crippen molar-refractivity contribution in [2.75, 3.05) is 13.2 Å². The molecule has 17 heavy (non-hydrogen) atoms. The summed E-state index contributed by atoms with van der Waals surface area (Å²) in [7, 11) is 0. The zero-order valence-electron chi connectivity index (χ0n) is 9.31. The van der Waals surface area contributed by atoms with Gasteiger partial charge in [0.1, 0.15) is 0 Å². The summed E-state index contributed by atoms with van der Waals surface area (Å²) in [6, 6.07) is 8.64. The summed E-state index contributed by atoms with van der Waals surface area (Å²) in [5.74, 6) is 0. The van der Waals surface area contributed by atoms with Gasteiger partial charge in [-0.15, -0.1) is 0 Å². The van der Waals surface area contributed by atoms with Crippen molar-refractivity contribution in [3.63, 3.8) is 0 Å². The molecule has 0 heterocycles. The van der Waals surface area contributed by atoms with Crippen LogP contribution in [0.1, 0.15) is 5.56 Å². The highest BCUT2D eigenvalue weighted by atomic mass is 16.5. The van der Waals surface area contributed by atoms with Crippen molar-refractivity contribution in [2.24, 2.45) is 5.11 Å². The maximum atomic E-state index is 9.57. The quantitative estimate of drug-likeness (QED) is 0.424. The molecule has 0 fully saturated rings. The highest BCUT2D eigenvalue weighted by Gasteiger charge is 2.16. The van der Waals surface area contributed by atoms with E-state index in [1.807, 2.05) is 30.3 Å². The molecule has 0 aliphatic heterocycles. The van der Waals surface area contributed by atoms with Gasteiger partial charge in [0.25, 0.3) is 0 Å². The molecule has 0 saturated carbocycles. The maximum absolute atomic E-state index is 9.57. The van der Waals surface area contributed by atoms with Gasteiger partial charge in [0.2, 0.25) is 0 Å². The fourth-order valence-electron chi connectivity index (χ4n) is 1.28. The maximum Gasteiger partial charge on any atom is 0.0886 e. The molecule has 2 N–H and O–H groups in total. The minimum absolute atomic E-state index is 0.0130. The molecule has 0 aliphatic carbocycles. The van der Waals surface area contributed by atoms with Gasteiger partial charge in [-0.2, -0.15) is 0 Å². The molecule has 6 nitrogen and oxygen atoms in total. The van der Waals surface area contributed by atoms with Crippen LogP contribution in [-0.2, 0) is 11.3 Å². The number of benzene rings is 1. The fourth-order valence-corrected chi connectivity index (χ4v) is 1.28. The van der Waals surface area contributed by atoms with E-state index in [0.717, 1.165) is 5.56 Å². The van der Waals surface area contributed by atoms with Gasteiger partial charge < -0.3 is 14.9 Å². The van der Waals surface area contributed by atoms with Crippen molar-refractivity contribution in [1.29, 1.82) is 0 Å². The third-order valence-electron chi connectivity index (χ3n) is 2.23. The predicted molar refractivity (Wildman–Crippen MR) is 62.1 cm³/mol. The van der Waals surface area contributed by atoms with Crippen LogP contribution in [0.15, 0.2) is 35.4 Å². The average molecular weight is 237 g/mol. The summed E-state index contributed by atoms with van der Waals surface area (Å²) in [6.45, 7) is -0.0224. The van der Waals surface area contributed by atoms with Crippen LogP contribution >= 0.6 is 0 Å². The van der Waals surface area contributed by atoms with Crippen LogP contribution in [-0.4, -0.2) is 35.6 Å². The summed E-state index contributed by atoms with van der Waals surface area (Å²) in [4.78, 5) is 2.54. The third kappa shape index (κ3) is 4.84. The molecule has 1 aromatic carbocycles. The minimum atomic E-state index is -1.00. The van der Waals surface area contributed by atoms with E-state index in [-0.39, 0.29) is 6.61 Å². The largest absolute Gasteiger partial charge is 0.396 e. The van der Waals surface area contributed by atoms with Crippen LogP contribution in [0.3, 0.4) is 0 Å². The highest BCUT2D eigenvalue weighted by Crippen LogP contribution is 2.04. The third-order valence-corrected chi connectivity index (χ3v) is 2.23. The van der Waals surface area contributed by atoms with Gasteiger partial charge in [0, 0.05) is 4.91 Å². The Labute approximate surface area is 99.1 Å². The molecule has 0 bridgehead atoms. The molecule has 92 valence electrons. The number of aliphatic hydroxyl groups is 2. The number of aliphatic hydroxyl groups excluding tert-OH is 2. The van der Waals surface area contributed by atoms with Crippen molar-refractivity contribution >= 4 is 0 Å². The molecule has 2 atom stereocenters. The van der Waals surface area contributed by atoms with Crippen molar-refractivity contribution < 1.29 is 14.9 Å². The van der Waals surface area contributed by atoms with E-state index in [4.69, 9.17) is 15.4 Å². The Bertz CT molecular complexity index is 365. The summed E-state index contributed by atoms with van der Waals surface area (Å²) >= 11 is 0. The minimum Gasteiger partial charge on any atom is -0.396 e. The molecule has 1 aromatic rings. The number of hydrogen-bond acceptors (Lipinski definition) is 4. The van der Waals surface area contributed by atoms with Crippen LogP contribution in [0.4, 0.5) is 0 Å². The molecule has 0 aromatic heterocycles. The molecule has 0 unspecified atom stereocenters. The Hall–Kier alpha value is -1.59. The Morgan fingerprint density at radius 1 is 1.35 bits per heavy atom. The van der Waals surface area contributed by atoms with Gasteiger partial charge in [-0.25, -0.2) is 0 Å². The summed E-state index contributed by atoms with van der Waals surface area (Å²) in [5.41, 5.74) is 9.21. The standard InChI is InChI=1S/C11H15N3O3/c12-14-13-10(6-15)11(16)8-17-7-9-4-2-1-3-5-9/h1-5,10-11,15-16H,6-8H2/t10-,11-/m1/s1. The fraction of sp³-hybridized carbons (Fsp3) is 0.455. The lowest BCUT2D eigenvalue weighted by atomic mass is 10.2. The first-order valence-corrected chi connectivity index (χ1v) is 5.22. The van der Waals surface area contributed by atoms with Gasteiger partial charge in [-0.1, -0.05) is 35.4 Å². The number of rotatable bonds is 7. The molecule has 0 spiro atoms. The normalized spacial score (nSPS) is 13.8. The van der Waals surface area contributed by atoms with Crippen LogP contribution in [0.5, 0.6) is 0 Å². The lowest BCUT2D eigenvalue weighted by Gasteiger charge is -2.16. The predicted octanol–water partition coefficient (Wildman–Crippen LogP) is 1.24. The lowest BCUT2D eigenvalue weighted by molar-refractivity contribution is 0.00626. The molecular formula is C11H15N3O3. The van der Waals surface area contributed by atoms with Crippen LogP contribution in [0.25, 0.3) is 10.4 Å². The Morgan fingerprint density at radius 2 is 2.06 bits per heavy atom. The van der Waals surface area contributed by atoms with Crippen LogP contribution in [0.2, 0.25) is 0 Å². The van der Waals surface area contributed by atoms with E-state index in [1.165, 1.54) is 0 Å². The second-order valence-corrected chi connectivity index (χ2v) is 3.52. The van der Waals surface area contributed by atoms with Gasteiger partial charge in [0.15, 0.2) is 0 Å². The van der Waals surface area contributed by atoms with E-state index in [1.54, 1.807) is 0 Å². The van der Waals surface area contributed by atoms with Crippen molar-refractivity contribution in [2.45, 2.75) is 18.8 Å². The van der Waals surface area contributed by atoms with E-state index in [2.05, 4.69) is 10.0 Å². The zero-order valence-corrected chi connectivity index (χ0v) is 9.31. The highest BCUT2D eigenvalue weighted by molar-refractivity contribution is 5.13. The first-order valence-electron chi connectivity index (χ1n) is 5.22. The second-order valence-electron chi connectivity index (χ2n) is 3.52. The molecular weight excluding hydrogens is 222 g/mol.